The van der Waals surface area contributed by atoms with Crippen molar-refractivity contribution in [2.75, 3.05) is 13.1 Å². The highest BCUT2D eigenvalue weighted by molar-refractivity contribution is 5.92. The molecule has 1 unspecified atom stereocenters. The van der Waals surface area contributed by atoms with Crippen LogP contribution in [0.4, 0.5) is 0 Å². The van der Waals surface area contributed by atoms with Gasteiger partial charge in [0.05, 0.1) is 17.9 Å². The fourth-order valence-corrected chi connectivity index (χ4v) is 5.53. The third-order valence-corrected chi connectivity index (χ3v) is 7.16. The topological polar surface area (TPSA) is 56.4 Å². The van der Waals surface area contributed by atoms with Gasteiger partial charge in [-0.2, -0.15) is 0 Å². The maximum Gasteiger partial charge on any atom is 0.232 e. The SMILES string of the molecule is CC(C)N1C(=O)C2(CCN(C(=O)Cc3c[nH]c4ccccc34)CC2)C1c1ccccc1. The van der Waals surface area contributed by atoms with E-state index in [1.807, 2.05) is 52.4 Å². The molecule has 5 nitrogen and oxygen atoms in total. The number of fused-ring (bicyclic) bond motifs is 1. The highest BCUT2D eigenvalue weighted by Gasteiger charge is 2.62. The van der Waals surface area contributed by atoms with E-state index in [4.69, 9.17) is 0 Å². The van der Waals surface area contributed by atoms with Crippen LogP contribution >= 0.6 is 0 Å². The zero-order valence-corrected chi connectivity index (χ0v) is 18.2. The van der Waals surface area contributed by atoms with Crippen LogP contribution in [0.3, 0.4) is 0 Å². The lowest BCUT2D eigenvalue weighted by molar-refractivity contribution is -0.186. The molecular formula is C26H29N3O2. The molecule has 2 saturated heterocycles. The first kappa shape index (κ1) is 19.9. The van der Waals surface area contributed by atoms with Crippen molar-refractivity contribution in [1.29, 1.82) is 0 Å². The van der Waals surface area contributed by atoms with E-state index >= 15 is 0 Å². The van der Waals surface area contributed by atoms with Gasteiger partial charge in [0.1, 0.15) is 0 Å². The summed E-state index contributed by atoms with van der Waals surface area (Å²) in [5.41, 5.74) is 2.92. The second-order valence-corrected chi connectivity index (χ2v) is 9.19. The van der Waals surface area contributed by atoms with Crippen molar-refractivity contribution in [1.82, 2.24) is 14.8 Å². The summed E-state index contributed by atoms with van der Waals surface area (Å²) in [4.78, 5) is 33.5. The van der Waals surface area contributed by atoms with Crippen molar-refractivity contribution in [2.45, 2.75) is 45.2 Å². The number of hydrogen-bond donors (Lipinski definition) is 1. The minimum absolute atomic E-state index is 0.104. The molecule has 2 aliphatic rings. The van der Waals surface area contributed by atoms with Gasteiger partial charge < -0.3 is 14.8 Å². The Hall–Kier alpha value is -3.08. The maximum atomic E-state index is 13.3. The summed E-state index contributed by atoms with van der Waals surface area (Å²) in [5, 5.41) is 1.11. The zero-order valence-electron chi connectivity index (χ0n) is 18.2. The van der Waals surface area contributed by atoms with Gasteiger partial charge in [-0.05, 0) is 43.9 Å². The first-order valence-corrected chi connectivity index (χ1v) is 11.2. The molecule has 3 aromatic rings. The number of para-hydroxylation sites is 1. The molecule has 2 aromatic carbocycles. The normalized spacial score (nSPS) is 20.5. The molecule has 1 atom stereocenters. The predicted octanol–water partition coefficient (Wildman–Crippen LogP) is 4.31. The standard InChI is InChI=1S/C26H29N3O2/c1-18(2)29-24(19-8-4-3-5-9-19)26(25(29)31)12-14-28(15-13-26)23(30)16-20-17-27-22-11-7-6-10-21(20)22/h3-11,17-18,24,27H,12-16H2,1-2H3. The van der Waals surface area contributed by atoms with Crippen molar-refractivity contribution in [2.24, 2.45) is 5.41 Å². The second-order valence-electron chi connectivity index (χ2n) is 9.19. The van der Waals surface area contributed by atoms with Crippen molar-refractivity contribution in [3.8, 4) is 0 Å². The van der Waals surface area contributed by atoms with Crippen LogP contribution in [0.1, 0.15) is 43.9 Å². The average Bonchev–Trinajstić information content (AvgIpc) is 3.20. The lowest BCUT2D eigenvalue weighted by atomic mass is 9.61. The van der Waals surface area contributed by atoms with Gasteiger partial charge >= 0.3 is 0 Å². The van der Waals surface area contributed by atoms with Crippen LogP contribution in [-0.4, -0.2) is 45.7 Å². The van der Waals surface area contributed by atoms with Crippen molar-refractivity contribution in [3.63, 3.8) is 0 Å². The maximum absolute atomic E-state index is 13.3. The third-order valence-electron chi connectivity index (χ3n) is 7.16. The Morgan fingerprint density at radius 2 is 1.74 bits per heavy atom. The number of piperidine rings is 1. The van der Waals surface area contributed by atoms with Crippen LogP contribution in [0.2, 0.25) is 0 Å². The van der Waals surface area contributed by atoms with E-state index in [9.17, 15) is 9.59 Å². The molecule has 2 amide bonds. The molecule has 3 heterocycles. The van der Waals surface area contributed by atoms with Crippen LogP contribution in [0.15, 0.2) is 60.8 Å². The predicted molar refractivity (Wildman–Crippen MR) is 121 cm³/mol. The number of amides is 2. The summed E-state index contributed by atoms with van der Waals surface area (Å²) in [6, 6.07) is 18.7. The molecule has 5 rings (SSSR count). The monoisotopic (exact) mass is 415 g/mol. The summed E-state index contributed by atoms with van der Waals surface area (Å²) >= 11 is 0. The fourth-order valence-electron chi connectivity index (χ4n) is 5.53. The van der Waals surface area contributed by atoms with Gasteiger partial charge in [-0.25, -0.2) is 0 Å². The summed E-state index contributed by atoms with van der Waals surface area (Å²) < 4.78 is 0. The van der Waals surface area contributed by atoms with E-state index in [0.717, 1.165) is 29.3 Å². The minimum atomic E-state index is -0.372. The van der Waals surface area contributed by atoms with Gasteiger partial charge in [-0.1, -0.05) is 48.5 Å². The molecule has 0 saturated carbocycles. The van der Waals surface area contributed by atoms with E-state index in [-0.39, 0.29) is 29.3 Å². The van der Waals surface area contributed by atoms with Gasteiger partial charge in [-0.15, -0.1) is 0 Å². The van der Waals surface area contributed by atoms with Crippen molar-refractivity contribution >= 4 is 22.7 Å². The van der Waals surface area contributed by atoms with E-state index in [1.54, 1.807) is 0 Å². The molecule has 160 valence electrons. The van der Waals surface area contributed by atoms with Gasteiger partial charge in [0, 0.05) is 36.2 Å². The first-order chi connectivity index (χ1) is 15.0. The van der Waals surface area contributed by atoms with Crippen molar-refractivity contribution < 1.29 is 9.59 Å². The Morgan fingerprint density at radius 1 is 1.06 bits per heavy atom. The van der Waals surface area contributed by atoms with E-state index in [0.29, 0.717) is 19.5 Å². The van der Waals surface area contributed by atoms with Gasteiger partial charge in [-0.3, -0.25) is 9.59 Å². The Morgan fingerprint density at radius 3 is 2.45 bits per heavy atom. The summed E-state index contributed by atoms with van der Waals surface area (Å²) in [5.74, 6) is 0.392. The number of benzene rings is 2. The molecule has 1 spiro atoms. The molecule has 1 N–H and O–H groups in total. The molecule has 1 aromatic heterocycles. The second kappa shape index (κ2) is 7.56. The summed E-state index contributed by atoms with van der Waals surface area (Å²) in [6.07, 6.45) is 3.79. The number of rotatable bonds is 4. The van der Waals surface area contributed by atoms with Crippen LogP contribution < -0.4 is 0 Å². The largest absolute Gasteiger partial charge is 0.361 e. The number of carbonyl (C=O) groups excluding carboxylic acids is 2. The number of likely N-dealkylation sites (tertiary alicyclic amines) is 2. The average molecular weight is 416 g/mol. The highest BCUT2D eigenvalue weighted by Crippen LogP contribution is 2.56. The number of aromatic amines is 1. The minimum Gasteiger partial charge on any atom is -0.361 e. The van der Waals surface area contributed by atoms with Crippen LogP contribution in [-0.2, 0) is 16.0 Å². The smallest absolute Gasteiger partial charge is 0.232 e. The van der Waals surface area contributed by atoms with E-state index in [1.165, 1.54) is 5.56 Å². The van der Waals surface area contributed by atoms with Crippen molar-refractivity contribution in [3.05, 3.63) is 71.9 Å². The molecular weight excluding hydrogens is 386 g/mol. The Labute approximate surface area is 183 Å². The quantitative estimate of drug-likeness (QED) is 0.646. The molecule has 0 bridgehead atoms. The van der Waals surface area contributed by atoms with Crippen LogP contribution in [0.25, 0.3) is 10.9 Å². The Kier molecular flexibility index (Phi) is 4.84. The Balaban J connectivity index is 1.32. The number of β-lactam (4-membered cyclic amide) rings is 1. The number of nitrogens with one attached hydrogen (secondary N) is 1. The zero-order chi connectivity index (χ0) is 21.6. The number of hydrogen-bond acceptors (Lipinski definition) is 2. The Bertz CT molecular complexity index is 1110. The molecule has 5 heteroatoms. The lowest BCUT2D eigenvalue weighted by Crippen LogP contribution is -2.68. The molecule has 0 aliphatic carbocycles. The van der Waals surface area contributed by atoms with E-state index < -0.39 is 0 Å². The van der Waals surface area contributed by atoms with Crippen LogP contribution in [0.5, 0.6) is 0 Å². The molecule has 31 heavy (non-hydrogen) atoms. The summed E-state index contributed by atoms with van der Waals surface area (Å²) in [6.45, 7) is 5.45. The highest BCUT2D eigenvalue weighted by atomic mass is 16.2. The number of aromatic nitrogens is 1. The van der Waals surface area contributed by atoms with Gasteiger partial charge in [0.25, 0.3) is 0 Å². The molecule has 2 aliphatic heterocycles. The number of H-pyrrole nitrogens is 1. The van der Waals surface area contributed by atoms with Gasteiger partial charge in [0.2, 0.25) is 11.8 Å². The van der Waals surface area contributed by atoms with Crippen LogP contribution in [0, 0.1) is 5.41 Å². The van der Waals surface area contributed by atoms with Gasteiger partial charge in [0.15, 0.2) is 0 Å². The molecule has 2 fully saturated rings. The third kappa shape index (κ3) is 3.14. The summed E-state index contributed by atoms with van der Waals surface area (Å²) in [7, 11) is 0. The fraction of sp³-hybridized carbons (Fsp3) is 0.385. The van der Waals surface area contributed by atoms with E-state index in [2.05, 4.69) is 37.0 Å². The number of nitrogens with zero attached hydrogens (tertiary/aromatic N) is 2. The molecule has 0 radical (unpaired) electrons. The first-order valence-electron chi connectivity index (χ1n) is 11.2. The number of carbonyl (C=O) groups is 2. The lowest BCUT2D eigenvalue weighted by Gasteiger charge is -2.60.